The van der Waals surface area contributed by atoms with Gasteiger partial charge in [0.2, 0.25) is 0 Å². The fourth-order valence-electron chi connectivity index (χ4n) is 2.86. The maximum absolute atomic E-state index is 13.8. The van der Waals surface area contributed by atoms with Crippen LogP contribution in [0.15, 0.2) is 18.2 Å². The largest absolute Gasteiger partial charge is 0.416 e. The Bertz CT molecular complexity index is 597. The van der Waals surface area contributed by atoms with Gasteiger partial charge in [0.25, 0.3) is 5.91 Å². The molecule has 2 atom stereocenters. The number of benzene rings is 1. The van der Waals surface area contributed by atoms with Crippen LogP contribution in [0.25, 0.3) is 0 Å². The highest BCUT2D eigenvalue weighted by Crippen LogP contribution is 2.31. The molecule has 2 fully saturated rings. The molecule has 4 nitrogen and oxygen atoms in total. The molecule has 2 aliphatic rings. The molecule has 0 aromatic heterocycles. The molecule has 0 saturated carbocycles. The number of nitrogens with one attached hydrogen (secondary N) is 1. The van der Waals surface area contributed by atoms with Crippen LogP contribution in [0.5, 0.6) is 0 Å². The zero-order chi connectivity index (χ0) is 15.9. The molecule has 2 heterocycles. The summed E-state index contributed by atoms with van der Waals surface area (Å²) in [7, 11) is 0. The predicted octanol–water partition coefficient (Wildman–Crippen LogP) is 2.08. The monoisotopic (exact) mass is 354 g/mol. The van der Waals surface area contributed by atoms with Crippen molar-refractivity contribution in [2.45, 2.75) is 18.3 Å². The topological polar surface area (TPSA) is 41.6 Å². The van der Waals surface area contributed by atoms with Gasteiger partial charge in [-0.1, -0.05) is 0 Å². The molecule has 0 aliphatic carbocycles. The molecule has 0 bridgehead atoms. The summed E-state index contributed by atoms with van der Waals surface area (Å²) in [6.45, 7) is 1.57. The molecular weight excluding hydrogens is 340 g/mol. The normalized spacial score (nSPS) is 24.1. The van der Waals surface area contributed by atoms with E-state index in [2.05, 4.69) is 5.32 Å². The Morgan fingerprint density at radius 1 is 1.30 bits per heavy atom. The number of rotatable bonds is 1. The van der Waals surface area contributed by atoms with Crippen molar-refractivity contribution in [2.24, 2.45) is 0 Å². The van der Waals surface area contributed by atoms with Crippen LogP contribution in [0, 0.1) is 5.82 Å². The first kappa shape index (κ1) is 18.0. The Kier molecular flexibility index (Phi) is 5.17. The lowest BCUT2D eigenvalue weighted by molar-refractivity contribution is -0.137. The maximum atomic E-state index is 13.8. The first-order valence-corrected chi connectivity index (χ1v) is 6.88. The molecule has 0 unspecified atom stereocenters. The van der Waals surface area contributed by atoms with Crippen LogP contribution in [-0.4, -0.2) is 49.2 Å². The third kappa shape index (κ3) is 3.44. The smallest absolute Gasteiger partial charge is 0.373 e. The number of ether oxygens (including phenoxy) is 1. The number of carbonyl (C=O) groups excluding carboxylic acids is 1. The van der Waals surface area contributed by atoms with Gasteiger partial charge in [0.15, 0.2) is 0 Å². The standard InChI is InChI=1S/C14H14F4N2O2.ClH/c15-10-2-1-8(14(16,17)18)5-9(10)13(21)20-3-4-22-12-7-19-6-11(12)20;/h1-2,5,11-12,19H,3-4,6-7H2;1H/t11-,12+;/m1./s1. The fourth-order valence-corrected chi connectivity index (χ4v) is 2.86. The van der Waals surface area contributed by atoms with Crippen molar-refractivity contribution in [3.05, 3.63) is 35.1 Å². The van der Waals surface area contributed by atoms with Crippen molar-refractivity contribution in [1.82, 2.24) is 10.2 Å². The first-order valence-electron chi connectivity index (χ1n) is 6.88. The number of hydrogen-bond donors (Lipinski definition) is 1. The molecule has 2 saturated heterocycles. The maximum Gasteiger partial charge on any atom is 0.416 e. The summed E-state index contributed by atoms with van der Waals surface area (Å²) >= 11 is 0. The summed E-state index contributed by atoms with van der Waals surface area (Å²) in [5.74, 6) is -1.68. The molecular formula is C14H15ClF4N2O2. The minimum absolute atomic E-state index is 0. The Morgan fingerprint density at radius 3 is 2.74 bits per heavy atom. The van der Waals surface area contributed by atoms with Crippen molar-refractivity contribution in [3.63, 3.8) is 0 Å². The number of fused-ring (bicyclic) bond motifs is 1. The summed E-state index contributed by atoms with van der Waals surface area (Å²) in [6, 6.07) is 1.60. The van der Waals surface area contributed by atoms with Gasteiger partial charge in [-0.15, -0.1) is 12.4 Å². The van der Waals surface area contributed by atoms with E-state index in [1.165, 1.54) is 4.90 Å². The van der Waals surface area contributed by atoms with E-state index < -0.39 is 29.0 Å². The van der Waals surface area contributed by atoms with Gasteiger partial charge >= 0.3 is 6.18 Å². The minimum Gasteiger partial charge on any atom is -0.373 e. The lowest BCUT2D eigenvalue weighted by Gasteiger charge is -2.37. The number of halogens is 5. The minimum atomic E-state index is -4.62. The number of amides is 1. The van der Waals surface area contributed by atoms with E-state index in [0.717, 1.165) is 0 Å². The highest BCUT2D eigenvalue weighted by molar-refractivity contribution is 5.95. The average Bonchev–Trinajstić information content (AvgIpc) is 2.94. The molecule has 1 aromatic carbocycles. The summed E-state index contributed by atoms with van der Waals surface area (Å²) < 4.78 is 57.6. The number of hydrogen-bond acceptors (Lipinski definition) is 3. The number of nitrogens with zero attached hydrogens (tertiary/aromatic N) is 1. The lowest BCUT2D eigenvalue weighted by atomic mass is 10.1. The third-order valence-electron chi connectivity index (χ3n) is 3.98. The number of carbonyl (C=O) groups is 1. The fraction of sp³-hybridized carbons (Fsp3) is 0.500. The molecule has 1 amide bonds. The van der Waals surface area contributed by atoms with Gasteiger partial charge in [0, 0.05) is 19.6 Å². The van der Waals surface area contributed by atoms with Crippen molar-refractivity contribution in [2.75, 3.05) is 26.2 Å². The molecule has 0 radical (unpaired) electrons. The van der Waals surface area contributed by atoms with E-state index in [1.54, 1.807) is 0 Å². The lowest BCUT2D eigenvalue weighted by Crippen LogP contribution is -2.53. The zero-order valence-corrected chi connectivity index (χ0v) is 12.7. The molecule has 23 heavy (non-hydrogen) atoms. The van der Waals surface area contributed by atoms with Crippen molar-refractivity contribution in [3.8, 4) is 0 Å². The number of morpholine rings is 1. The van der Waals surface area contributed by atoms with E-state index >= 15 is 0 Å². The van der Waals surface area contributed by atoms with Crippen LogP contribution in [0.4, 0.5) is 17.6 Å². The quantitative estimate of drug-likeness (QED) is 0.785. The highest BCUT2D eigenvalue weighted by Gasteiger charge is 2.40. The SMILES string of the molecule is Cl.O=C(c1cc(C(F)(F)F)ccc1F)N1CCO[C@H]2CNC[C@H]21. The Hall–Kier alpha value is -1.38. The van der Waals surface area contributed by atoms with Gasteiger partial charge in [-0.25, -0.2) is 4.39 Å². The summed E-state index contributed by atoms with van der Waals surface area (Å²) in [6.07, 6.45) is -4.82. The van der Waals surface area contributed by atoms with E-state index in [-0.39, 0.29) is 37.7 Å². The van der Waals surface area contributed by atoms with Crippen LogP contribution in [0.2, 0.25) is 0 Å². The summed E-state index contributed by atoms with van der Waals surface area (Å²) in [5, 5.41) is 3.06. The number of alkyl halides is 3. The van der Waals surface area contributed by atoms with Gasteiger partial charge in [-0.05, 0) is 18.2 Å². The van der Waals surface area contributed by atoms with Crippen molar-refractivity contribution in [1.29, 1.82) is 0 Å². The Morgan fingerprint density at radius 2 is 2.04 bits per heavy atom. The van der Waals surface area contributed by atoms with Crippen LogP contribution in [0.3, 0.4) is 0 Å². The molecule has 1 aromatic rings. The van der Waals surface area contributed by atoms with Gasteiger partial charge in [-0.3, -0.25) is 4.79 Å². The summed E-state index contributed by atoms with van der Waals surface area (Å²) in [5.41, 5.74) is -1.59. The Labute approximate surface area is 136 Å². The third-order valence-corrected chi connectivity index (χ3v) is 3.98. The second kappa shape index (κ2) is 6.62. The molecule has 2 aliphatic heterocycles. The predicted molar refractivity (Wildman–Crippen MR) is 76.1 cm³/mol. The van der Waals surface area contributed by atoms with E-state index in [0.29, 0.717) is 31.3 Å². The van der Waals surface area contributed by atoms with Crippen LogP contribution in [-0.2, 0) is 10.9 Å². The average molecular weight is 355 g/mol. The van der Waals surface area contributed by atoms with Crippen LogP contribution in [0.1, 0.15) is 15.9 Å². The van der Waals surface area contributed by atoms with E-state index in [9.17, 15) is 22.4 Å². The highest BCUT2D eigenvalue weighted by atomic mass is 35.5. The van der Waals surface area contributed by atoms with Crippen LogP contribution >= 0.6 is 12.4 Å². The molecule has 3 rings (SSSR count). The van der Waals surface area contributed by atoms with Crippen LogP contribution < -0.4 is 5.32 Å². The Balaban J connectivity index is 0.00000192. The van der Waals surface area contributed by atoms with Gasteiger partial charge in [0.05, 0.1) is 29.9 Å². The first-order chi connectivity index (χ1) is 10.4. The molecule has 9 heteroatoms. The molecule has 128 valence electrons. The second-order valence-electron chi connectivity index (χ2n) is 5.33. The van der Waals surface area contributed by atoms with Crippen molar-refractivity contribution >= 4 is 18.3 Å². The molecule has 1 N–H and O–H groups in total. The van der Waals surface area contributed by atoms with E-state index in [1.807, 2.05) is 0 Å². The second-order valence-corrected chi connectivity index (χ2v) is 5.33. The van der Waals surface area contributed by atoms with Gasteiger partial charge in [-0.2, -0.15) is 13.2 Å². The van der Waals surface area contributed by atoms with Crippen molar-refractivity contribution < 1.29 is 27.1 Å². The van der Waals surface area contributed by atoms with Gasteiger partial charge in [0.1, 0.15) is 5.82 Å². The van der Waals surface area contributed by atoms with E-state index in [4.69, 9.17) is 4.74 Å². The molecule has 0 spiro atoms. The summed E-state index contributed by atoms with van der Waals surface area (Å²) in [4.78, 5) is 13.9. The zero-order valence-electron chi connectivity index (χ0n) is 11.9. The van der Waals surface area contributed by atoms with Gasteiger partial charge < -0.3 is 15.0 Å².